The minimum absolute atomic E-state index is 0.158. The van der Waals surface area contributed by atoms with Gasteiger partial charge in [0.2, 0.25) is 0 Å². The molecule has 0 saturated carbocycles. The third kappa shape index (κ3) is 3.05. The van der Waals surface area contributed by atoms with Crippen LogP contribution in [0.1, 0.15) is 17.5 Å². The monoisotopic (exact) mass is 356 g/mol. The second kappa shape index (κ2) is 6.55. The largest absolute Gasteiger partial charge is 0.0770 e. The van der Waals surface area contributed by atoms with Crippen LogP contribution < -0.4 is 0 Å². The van der Waals surface area contributed by atoms with Crippen LogP contribution in [0.15, 0.2) is 90.2 Å². The van der Waals surface area contributed by atoms with Crippen LogP contribution >= 0.6 is 0 Å². The molecule has 0 saturated heterocycles. The Morgan fingerprint density at radius 3 is 2.19 bits per heavy atom. The SMILES string of the molecule is C[Si](C)(C)C1=C(c2ccccc2)[C@H]2C=CC=C[C@]1(Cc1ccccc1)C2. The standard InChI is InChI=1S/C25H28Si/c1-26(2,3)24-23(21-14-8-5-9-15-21)22-16-10-11-17-25(24,19-22)18-20-12-6-4-7-13-20/h4-17,22H,18-19H2,1-3H3/t22-,25-/m0/s1. The number of fused-ring (bicyclic) bond motifs is 2. The zero-order valence-electron chi connectivity index (χ0n) is 16.1. The van der Waals surface area contributed by atoms with Gasteiger partial charge in [-0.2, -0.15) is 0 Å². The molecule has 0 spiro atoms. The number of allylic oxidation sites excluding steroid dienone is 6. The van der Waals surface area contributed by atoms with Crippen molar-refractivity contribution in [2.24, 2.45) is 11.3 Å². The summed E-state index contributed by atoms with van der Waals surface area (Å²) in [6.45, 7) is 7.56. The zero-order valence-corrected chi connectivity index (χ0v) is 17.1. The first-order valence-corrected chi connectivity index (χ1v) is 13.2. The fraction of sp³-hybridized carbons (Fsp3) is 0.280. The van der Waals surface area contributed by atoms with E-state index in [1.807, 2.05) is 0 Å². The normalized spacial score (nSPS) is 24.8. The van der Waals surface area contributed by atoms with Crippen LogP contribution in [0.4, 0.5) is 0 Å². The highest BCUT2D eigenvalue weighted by molar-refractivity contribution is 6.84. The fourth-order valence-corrected chi connectivity index (χ4v) is 8.02. The van der Waals surface area contributed by atoms with E-state index < -0.39 is 8.07 Å². The topological polar surface area (TPSA) is 0 Å². The molecule has 2 aliphatic carbocycles. The predicted molar refractivity (Wildman–Crippen MR) is 116 cm³/mol. The van der Waals surface area contributed by atoms with Crippen molar-refractivity contribution in [2.75, 3.05) is 0 Å². The Morgan fingerprint density at radius 1 is 0.885 bits per heavy atom. The van der Waals surface area contributed by atoms with E-state index in [0.29, 0.717) is 5.92 Å². The molecule has 0 nitrogen and oxygen atoms in total. The van der Waals surface area contributed by atoms with Gasteiger partial charge in [-0.25, -0.2) is 0 Å². The molecule has 2 aliphatic rings. The third-order valence-corrected chi connectivity index (χ3v) is 8.06. The van der Waals surface area contributed by atoms with E-state index in [2.05, 4.69) is 105 Å². The first-order valence-electron chi connectivity index (χ1n) is 9.70. The lowest BCUT2D eigenvalue weighted by Crippen LogP contribution is -2.36. The van der Waals surface area contributed by atoms with Crippen molar-refractivity contribution in [2.45, 2.75) is 32.5 Å². The van der Waals surface area contributed by atoms with Gasteiger partial charge in [-0.1, -0.05) is 110 Å². The summed E-state index contributed by atoms with van der Waals surface area (Å²) in [4.78, 5) is 0. The molecular weight excluding hydrogens is 328 g/mol. The van der Waals surface area contributed by atoms with Gasteiger partial charge in [0.25, 0.3) is 0 Å². The predicted octanol–water partition coefficient (Wildman–Crippen LogP) is 6.69. The molecule has 2 bridgehead atoms. The van der Waals surface area contributed by atoms with E-state index in [0.717, 1.165) is 6.42 Å². The Bertz CT molecular complexity index is 865. The summed E-state index contributed by atoms with van der Waals surface area (Å²) in [5.74, 6) is 0.526. The molecule has 0 radical (unpaired) electrons. The average Bonchev–Trinajstić information content (AvgIpc) is 2.79. The Kier molecular flexibility index (Phi) is 4.36. The molecule has 2 aromatic carbocycles. The highest BCUT2D eigenvalue weighted by Crippen LogP contribution is 2.57. The molecule has 2 atom stereocenters. The van der Waals surface area contributed by atoms with Gasteiger partial charge >= 0.3 is 0 Å². The highest BCUT2D eigenvalue weighted by Gasteiger charge is 2.48. The first-order chi connectivity index (χ1) is 12.5. The molecular formula is C25H28Si. The number of hydrogen-bond acceptors (Lipinski definition) is 0. The lowest BCUT2D eigenvalue weighted by molar-refractivity contribution is 0.440. The molecule has 0 unspecified atom stereocenters. The summed E-state index contributed by atoms with van der Waals surface area (Å²) >= 11 is 0. The Labute approximate surface area is 159 Å². The Hall–Kier alpha value is -2.12. The number of hydrogen-bond donors (Lipinski definition) is 0. The van der Waals surface area contributed by atoms with Crippen molar-refractivity contribution >= 4 is 13.6 Å². The molecule has 1 heteroatoms. The van der Waals surface area contributed by atoms with Crippen molar-refractivity contribution in [1.82, 2.24) is 0 Å². The lowest BCUT2D eigenvalue weighted by Gasteiger charge is -2.37. The smallest absolute Gasteiger partial charge is 0.0740 e. The van der Waals surface area contributed by atoms with Gasteiger partial charge in [0.1, 0.15) is 0 Å². The zero-order chi connectivity index (χ0) is 18.2. The van der Waals surface area contributed by atoms with E-state index in [1.54, 1.807) is 10.8 Å². The van der Waals surface area contributed by atoms with Crippen LogP contribution in [0.5, 0.6) is 0 Å². The minimum Gasteiger partial charge on any atom is -0.0770 e. The maximum Gasteiger partial charge on any atom is 0.0740 e. The molecule has 132 valence electrons. The van der Waals surface area contributed by atoms with Crippen molar-refractivity contribution < 1.29 is 0 Å². The fourth-order valence-electron chi connectivity index (χ4n) is 5.11. The molecule has 0 aromatic heterocycles. The van der Waals surface area contributed by atoms with Gasteiger partial charge in [0.15, 0.2) is 0 Å². The maximum absolute atomic E-state index is 2.52. The first kappa shape index (κ1) is 17.3. The molecule has 0 fully saturated rings. The third-order valence-electron chi connectivity index (χ3n) is 5.79. The van der Waals surface area contributed by atoms with Crippen LogP contribution in [0.2, 0.25) is 19.6 Å². The summed E-state index contributed by atoms with van der Waals surface area (Å²) in [5.41, 5.74) is 4.64. The Balaban J connectivity index is 1.93. The summed E-state index contributed by atoms with van der Waals surface area (Å²) in [6, 6.07) is 22.2. The van der Waals surface area contributed by atoms with Crippen molar-refractivity contribution in [3.63, 3.8) is 0 Å². The van der Waals surface area contributed by atoms with Gasteiger partial charge in [-0.3, -0.25) is 0 Å². The van der Waals surface area contributed by atoms with Crippen LogP contribution in [0.25, 0.3) is 5.57 Å². The average molecular weight is 357 g/mol. The second-order valence-corrected chi connectivity index (χ2v) is 13.8. The second-order valence-electron chi connectivity index (χ2n) is 8.78. The summed E-state index contributed by atoms with van der Waals surface area (Å²) in [6.07, 6.45) is 11.8. The Morgan fingerprint density at radius 2 is 1.54 bits per heavy atom. The van der Waals surface area contributed by atoms with Gasteiger partial charge in [-0.15, -0.1) is 0 Å². The van der Waals surface area contributed by atoms with Crippen LogP contribution in [-0.2, 0) is 6.42 Å². The summed E-state index contributed by atoms with van der Waals surface area (Å²) in [7, 11) is -1.51. The van der Waals surface area contributed by atoms with Gasteiger partial charge in [0, 0.05) is 11.3 Å². The molecule has 0 amide bonds. The maximum atomic E-state index is 2.52. The van der Waals surface area contributed by atoms with Crippen LogP contribution in [-0.4, -0.2) is 8.07 Å². The van der Waals surface area contributed by atoms with E-state index in [4.69, 9.17) is 0 Å². The van der Waals surface area contributed by atoms with E-state index in [1.165, 1.54) is 17.5 Å². The number of rotatable bonds is 4. The molecule has 0 heterocycles. The van der Waals surface area contributed by atoms with Crippen LogP contribution in [0.3, 0.4) is 0 Å². The lowest BCUT2D eigenvalue weighted by atomic mass is 9.79. The molecule has 0 N–H and O–H groups in total. The molecule has 2 aromatic rings. The minimum atomic E-state index is -1.51. The van der Waals surface area contributed by atoms with E-state index >= 15 is 0 Å². The summed E-state index contributed by atoms with van der Waals surface area (Å²) in [5, 5.41) is 1.76. The van der Waals surface area contributed by atoms with Gasteiger partial charge in [0.05, 0.1) is 8.07 Å². The van der Waals surface area contributed by atoms with Crippen molar-refractivity contribution in [1.29, 1.82) is 0 Å². The highest BCUT2D eigenvalue weighted by atomic mass is 28.3. The quantitative estimate of drug-likeness (QED) is 0.535. The summed E-state index contributed by atoms with van der Waals surface area (Å²) < 4.78 is 0. The number of benzene rings is 2. The molecule has 26 heavy (non-hydrogen) atoms. The van der Waals surface area contributed by atoms with Crippen LogP contribution in [0, 0.1) is 11.3 Å². The van der Waals surface area contributed by atoms with Crippen molar-refractivity contribution in [3.05, 3.63) is 101 Å². The van der Waals surface area contributed by atoms with Crippen molar-refractivity contribution in [3.8, 4) is 0 Å². The molecule has 0 aliphatic heterocycles. The molecule has 4 rings (SSSR count). The van der Waals surface area contributed by atoms with Gasteiger partial charge < -0.3 is 0 Å². The van der Waals surface area contributed by atoms with Gasteiger partial charge in [-0.05, 0) is 29.5 Å². The van der Waals surface area contributed by atoms with E-state index in [9.17, 15) is 0 Å². The van der Waals surface area contributed by atoms with E-state index in [-0.39, 0.29) is 5.41 Å².